The highest BCUT2D eigenvalue weighted by Gasteiger charge is 2.27. The van der Waals surface area contributed by atoms with Crippen LogP contribution >= 0.6 is 0 Å². The summed E-state index contributed by atoms with van der Waals surface area (Å²) in [5.74, 6) is -0.307. The normalized spacial score (nSPS) is 15.1. The van der Waals surface area contributed by atoms with Gasteiger partial charge in [0.2, 0.25) is 0 Å². The molecule has 1 N–H and O–H groups in total. The van der Waals surface area contributed by atoms with E-state index in [0.717, 1.165) is 37.9 Å². The van der Waals surface area contributed by atoms with E-state index in [-0.39, 0.29) is 5.69 Å². The standard InChI is InChI=1S/C12H19N3O2/c1-2-3-4-7-15-10(8-9-5-6-9)11(12(16)17)13-14-15/h9H,2-8H2,1H3,(H,16,17). The van der Waals surface area contributed by atoms with E-state index in [9.17, 15) is 4.79 Å². The van der Waals surface area contributed by atoms with Crippen molar-refractivity contribution in [2.75, 3.05) is 0 Å². The minimum Gasteiger partial charge on any atom is -0.476 e. The van der Waals surface area contributed by atoms with Gasteiger partial charge in [-0.3, -0.25) is 0 Å². The molecule has 1 aromatic rings. The van der Waals surface area contributed by atoms with Crippen LogP contribution in [0.4, 0.5) is 0 Å². The molecule has 2 rings (SSSR count). The second-order valence-corrected chi connectivity index (χ2v) is 4.77. The third-order valence-electron chi connectivity index (χ3n) is 3.19. The molecular formula is C12H19N3O2. The number of aromatic carboxylic acids is 1. The molecule has 17 heavy (non-hydrogen) atoms. The highest BCUT2D eigenvalue weighted by atomic mass is 16.4. The molecule has 1 fully saturated rings. The Balaban J connectivity index is 2.09. The number of carbonyl (C=O) groups is 1. The first-order chi connectivity index (χ1) is 8.22. The Morgan fingerprint density at radius 1 is 1.47 bits per heavy atom. The quantitative estimate of drug-likeness (QED) is 0.737. The van der Waals surface area contributed by atoms with Gasteiger partial charge in [-0.15, -0.1) is 5.10 Å². The molecule has 0 atom stereocenters. The summed E-state index contributed by atoms with van der Waals surface area (Å²) in [6.07, 6.45) is 6.57. The van der Waals surface area contributed by atoms with Gasteiger partial charge in [-0.1, -0.05) is 25.0 Å². The minimum absolute atomic E-state index is 0.147. The van der Waals surface area contributed by atoms with Gasteiger partial charge >= 0.3 is 5.97 Å². The summed E-state index contributed by atoms with van der Waals surface area (Å²) in [7, 11) is 0. The molecule has 94 valence electrons. The van der Waals surface area contributed by atoms with Gasteiger partial charge in [-0.05, 0) is 31.6 Å². The van der Waals surface area contributed by atoms with Crippen LogP contribution in [0.2, 0.25) is 0 Å². The van der Waals surface area contributed by atoms with Crippen LogP contribution in [0.5, 0.6) is 0 Å². The van der Waals surface area contributed by atoms with E-state index in [2.05, 4.69) is 17.2 Å². The first-order valence-electron chi connectivity index (χ1n) is 6.38. The zero-order chi connectivity index (χ0) is 12.3. The van der Waals surface area contributed by atoms with Gasteiger partial charge in [0.05, 0.1) is 5.69 Å². The summed E-state index contributed by atoms with van der Waals surface area (Å²) in [5, 5.41) is 16.8. The van der Waals surface area contributed by atoms with Crippen LogP contribution < -0.4 is 0 Å². The molecule has 1 saturated carbocycles. The number of carboxylic acids is 1. The third-order valence-corrected chi connectivity index (χ3v) is 3.19. The van der Waals surface area contributed by atoms with E-state index in [0.29, 0.717) is 5.92 Å². The van der Waals surface area contributed by atoms with Gasteiger partial charge in [-0.2, -0.15) is 0 Å². The second kappa shape index (κ2) is 5.29. The number of aromatic nitrogens is 3. The monoisotopic (exact) mass is 237 g/mol. The van der Waals surface area contributed by atoms with Crippen LogP contribution in [0.25, 0.3) is 0 Å². The van der Waals surface area contributed by atoms with Gasteiger partial charge in [0.1, 0.15) is 0 Å². The van der Waals surface area contributed by atoms with Crippen molar-refractivity contribution in [2.45, 2.75) is 52.0 Å². The molecule has 1 heterocycles. The first-order valence-corrected chi connectivity index (χ1v) is 6.38. The maximum atomic E-state index is 11.1. The fraction of sp³-hybridized carbons (Fsp3) is 0.750. The lowest BCUT2D eigenvalue weighted by Crippen LogP contribution is -2.09. The van der Waals surface area contributed by atoms with E-state index >= 15 is 0 Å². The van der Waals surface area contributed by atoms with Gasteiger partial charge in [0.15, 0.2) is 5.69 Å². The van der Waals surface area contributed by atoms with Crippen LogP contribution in [0.3, 0.4) is 0 Å². The Hall–Kier alpha value is -1.39. The van der Waals surface area contributed by atoms with E-state index in [4.69, 9.17) is 5.11 Å². The SMILES string of the molecule is CCCCCn1nnc(C(=O)O)c1CC1CC1. The second-order valence-electron chi connectivity index (χ2n) is 4.77. The smallest absolute Gasteiger partial charge is 0.358 e. The highest BCUT2D eigenvalue weighted by Crippen LogP contribution is 2.33. The topological polar surface area (TPSA) is 68.0 Å². The van der Waals surface area contributed by atoms with Crippen molar-refractivity contribution < 1.29 is 9.90 Å². The first kappa shape index (κ1) is 12.1. The van der Waals surface area contributed by atoms with Crippen molar-refractivity contribution in [1.29, 1.82) is 0 Å². The molecule has 1 aliphatic carbocycles. The number of aryl methyl sites for hydroxylation is 1. The third kappa shape index (κ3) is 3.05. The van der Waals surface area contributed by atoms with Crippen molar-refractivity contribution in [2.24, 2.45) is 5.92 Å². The predicted molar refractivity (Wildman–Crippen MR) is 62.9 cm³/mol. The number of nitrogens with zero attached hydrogens (tertiary/aromatic N) is 3. The lowest BCUT2D eigenvalue weighted by Gasteiger charge is -2.05. The molecule has 5 nitrogen and oxygen atoms in total. The molecular weight excluding hydrogens is 218 g/mol. The molecule has 0 radical (unpaired) electrons. The highest BCUT2D eigenvalue weighted by molar-refractivity contribution is 5.86. The molecule has 5 heteroatoms. The zero-order valence-corrected chi connectivity index (χ0v) is 10.2. The average Bonchev–Trinajstić information content (AvgIpc) is 3.01. The zero-order valence-electron chi connectivity index (χ0n) is 10.2. The predicted octanol–water partition coefficient (Wildman–Crippen LogP) is 2.12. The van der Waals surface area contributed by atoms with E-state index in [1.165, 1.54) is 12.8 Å². The Morgan fingerprint density at radius 2 is 2.24 bits per heavy atom. The number of hydrogen-bond donors (Lipinski definition) is 1. The maximum absolute atomic E-state index is 11.1. The fourth-order valence-electron chi connectivity index (χ4n) is 1.99. The molecule has 0 aromatic carbocycles. The van der Waals surface area contributed by atoms with Gasteiger partial charge in [-0.25, -0.2) is 9.48 Å². The number of unbranched alkanes of at least 4 members (excludes halogenated alkanes) is 2. The Morgan fingerprint density at radius 3 is 2.82 bits per heavy atom. The van der Waals surface area contributed by atoms with E-state index in [1.54, 1.807) is 4.68 Å². The number of rotatable bonds is 7. The lowest BCUT2D eigenvalue weighted by molar-refractivity contribution is 0.0689. The Labute approximate surface area is 101 Å². The van der Waals surface area contributed by atoms with Gasteiger partial charge in [0.25, 0.3) is 0 Å². The summed E-state index contributed by atoms with van der Waals surface area (Å²) >= 11 is 0. The van der Waals surface area contributed by atoms with Crippen molar-refractivity contribution in [3.05, 3.63) is 11.4 Å². The molecule has 1 aliphatic rings. The summed E-state index contributed by atoms with van der Waals surface area (Å²) in [6, 6.07) is 0. The van der Waals surface area contributed by atoms with Crippen molar-refractivity contribution in [3.8, 4) is 0 Å². The van der Waals surface area contributed by atoms with Crippen molar-refractivity contribution >= 4 is 5.97 Å². The van der Waals surface area contributed by atoms with Crippen LogP contribution in [0.1, 0.15) is 55.2 Å². The molecule has 0 saturated heterocycles. The molecule has 0 bridgehead atoms. The molecule has 0 spiro atoms. The summed E-state index contributed by atoms with van der Waals surface area (Å²) in [4.78, 5) is 11.1. The molecule has 0 unspecified atom stereocenters. The van der Waals surface area contributed by atoms with Crippen LogP contribution in [0, 0.1) is 5.92 Å². The molecule has 0 aliphatic heterocycles. The van der Waals surface area contributed by atoms with Gasteiger partial charge < -0.3 is 5.11 Å². The van der Waals surface area contributed by atoms with Crippen molar-refractivity contribution in [1.82, 2.24) is 15.0 Å². The number of carboxylic acid groups (broad SMARTS) is 1. The summed E-state index contributed by atoms with van der Waals surface area (Å²) in [6.45, 7) is 2.94. The maximum Gasteiger partial charge on any atom is 0.358 e. The summed E-state index contributed by atoms with van der Waals surface area (Å²) in [5.41, 5.74) is 0.963. The van der Waals surface area contributed by atoms with Gasteiger partial charge in [0, 0.05) is 6.54 Å². The fourth-order valence-corrected chi connectivity index (χ4v) is 1.99. The number of hydrogen-bond acceptors (Lipinski definition) is 3. The van der Waals surface area contributed by atoms with E-state index in [1.807, 2.05) is 0 Å². The van der Waals surface area contributed by atoms with Crippen LogP contribution in [0.15, 0.2) is 0 Å². The minimum atomic E-state index is -0.956. The van der Waals surface area contributed by atoms with Crippen LogP contribution in [-0.2, 0) is 13.0 Å². The Bertz CT molecular complexity index is 396. The largest absolute Gasteiger partial charge is 0.476 e. The van der Waals surface area contributed by atoms with Crippen molar-refractivity contribution in [3.63, 3.8) is 0 Å². The van der Waals surface area contributed by atoms with Crippen LogP contribution in [-0.4, -0.2) is 26.1 Å². The molecule has 1 aromatic heterocycles. The van der Waals surface area contributed by atoms with E-state index < -0.39 is 5.97 Å². The average molecular weight is 237 g/mol. The molecule has 0 amide bonds. The lowest BCUT2D eigenvalue weighted by atomic mass is 10.1. The Kier molecular flexibility index (Phi) is 3.76. The summed E-state index contributed by atoms with van der Waals surface area (Å²) < 4.78 is 1.79.